The molecule has 1 atom stereocenters. The highest BCUT2D eigenvalue weighted by Gasteiger charge is 2.24. The fraction of sp³-hybridized carbons (Fsp3) is 0.250. The zero-order valence-electron chi connectivity index (χ0n) is 11.1. The van der Waals surface area contributed by atoms with Crippen LogP contribution >= 0.6 is 22.7 Å². The SMILES string of the molecule is c1cc(N(c2ccc3sccc3c2)C2CCNC2)cs1. The Balaban J connectivity index is 1.80. The van der Waals surface area contributed by atoms with Gasteiger partial charge in [0.05, 0.1) is 5.69 Å². The second-order valence-electron chi connectivity index (χ2n) is 5.14. The highest BCUT2D eigenvalue weighted by atomic mass is 32.1. The topological polar surface area (TPSA) is 15.3 Å². The molecular formula is C16H16N2S2. The van der Waals surface area contributed by atoms with Crippen molar-refractivity contribution in [2.24, 2.45) is 0 Å². The van der Waals surface area contributed by atoms with E-state index >= 15 is 0 Å². The molecule has 20 heavy (non-hydrogen) atoms. The van der Waals surface area contributed by atoms with E-state index in [0.29, 0.717) is 6.04 Å². The summed E-state index contributed by atoms with van der Waals surface area (Å²) in [6, 6.07) is 11.8. The largest absolute Gasteiger partial charge is 0.336 e. The van der Waals surface area contributed by atoms with Gasteiger partial charge in [-0.25, -0.2) is 0 Å². The third kappa shape index (κ3) is 2.14. The Morgan fingerprint density at radius 3 is 2.90 bits per heavy atom. The summed E-state index contributed by atoms with van der Waals surface area (Å²) >= 11 is 3.58. The van der Waals surface area contributed by atoms with Crippen LogP contribution in [0.1, 0.15) is 6.42 Å². The van der Waals surface area contributed by atoms with E-state index in [2.05, 4.69) is 56.7 Å². The molecule has 0 aliphatic carbocycles. The summed E-state index contributed by atoms with van der Waals surface area (Å²) < 4.78 is 1.36. The quantitative estimate of drug-likeness (QED) is 0.768. The zero-order chi connectivity index (χ0) is 13.4. The zero-order valence-corrected chi connectivity index (χ0v) is 12.7. The average Bonchev–Trinajstić information content (AvgIpc) is 3.22. The van der Waals surface area contributed by atoms with Crippen LogP contribution in [0.4, 0.5) is 11.4 Å². The number of nitrogens with one attached hydrogen (secondary N) is 1. The first kappa shape index (κ1) is 12.4. The van der Waals surface area contributed by atoms with E-state index in [1.54, 1.807) is 11.3 Å². The van der Waals surface area contributed by atoms with E-state index in [1.807, 2.05) is 11.3 Å². The van der Waals surface area contributed by atoms with Crippen molar-refractivity contribution in [3.63, 3.8) is 0 Å². The van der Waals surface area contributed by atoms with Crippen molar-refractivity contribution in [3.05, 3.63) is 46.5 Å². The minimum atomic E-state index is 0.556. The molecule has 4 heteroatoms. The number of rotatable bonds is 3. The molecule has 1 aromatic carbocycles. The van der Waals surface area contributed by atoms with Crippen LogP contribution in [0.15, 0.2) is 46.5 Å². The molecule has 0 bridgehead atoms. The Morgan fingerprint density at radius 2 is 2.10 bits per heavy atom. The van der Waals surface area contributed by atoms with Crippen molar-refractivity contribution in [1.82, 2.24) is 5.32 Å². The van der Waals surface area contributed by atoms with Gasteiger partial charge in [-0.2, -0.15) is 11.3 Å². The van der Waals surface area contributed by atoms with Crippen molar-refractivity contribution in [1.29, 1.82) is 0 Å². The van der Waals surface area contributed by atoms with E-state index in [4.69, 9.17) is 0 Å². The summed E-state index contributed by atoms with van der Waals surface area (Å²) in [5, 5.41) is 11.4. The van der Waals surface area contributed by atoms with Gasteiger partial charge in [-0.1, -0.05) is 0 Å². The van der Waals surface area contributed by atoms with Gasteiger partial charge in [-0.15, -0.1) is 11.3 Å². The smallest absolute Gasteiger partial charge is 0.0522 e. The molecular weight excluding hydrogens is 284 g/mol. The molecule has 3 aromatic rings. The minimum Gasteiger partial charge on any atom is -0.336 e. The molecule has 0 saturated carbocycles. The Morgan fingerprint density at radius 1 is 1.10 bits per heavy atom. The Labute approximate surface area is 126 Å². The van der Waals surface area contributed by atoms with E-state index in [1.165, 1.54) is 27.9 Å². The standard InChI is InChI=1S/C16H16N2S2/c1-2-16-12(4-8-20-16)9-13(1)18(14-3-6-17-10-14)15-5-7-19-11-15/h1-2,4-5,7-9,11,14,17H,3,6,10H2. The van der Waals surface area contributed by atoms with Gasteiger partial charge in [0.1, 0.15) is 0 Å². The third-order valence-corrected chi connectivity index (χ3v) is 5.47. The molecule has 1 N–H and O–H groups in total. The van der Waals surface area contributed by atoms with Crippen molar-refractivity contribution in [3.8, 4) is 0 Å². The van der Waals surface area contributed by atoms with Crippen LogP contribution in [-0.4, -0.2) is 19.1 Å². The number of hydrogen-bond acceptors (Lipinski definition) is 4. The first-order valence-corrected chi connectivity index (χ1v) is 8.73. The van der Waals surface area contributed by atoms with Gasteiger partial charge in [0, 0.05) is 28.4 Å². The van der Waals surface area contributed by atoms with Crippen molar-refractivity contribution < 1.29 is 0 Å². The molecule has 0 spiro atoms. The second-order valence-corrected chi connectivity index (χ2v) is 6.87. The van der Waals surface area contributed by atoms with Crippen LogP contribution in [0, 0.1) is 0 Å². The lowest BCUT2D eigenvalue weighted by atomic mass is 10.1. The van der Waals surface area contributed by atoms with Gasteiger partial charge in [0.25, 0.3) is 0 Å². The predicted molar refractivity (Wildman–Crippen MR) is 89.6 cm³/mol. The van der Waals surface area contributed by atoms with Crippen molar-refractivity contribution >= 4 is 44.1 Å². The van der Waals surface area contributed by atoms with Crippen LogP contribution < -0.4 is 10.2 Å². The van der Waals surface area contributed by atoms with Gasteiger partial charge < -0.3 is 10.2 Å². The molecule has 4 rings (SSSR count). The van der Waals surface area contributed by atoms with Crippen LogP contribution in [0.2, 0.25) is 0 Å². The number of hydrogen-bond donors (Lipinski definition) is 1. The minimum absolute atomic E-state index is 0.556. The van der Waals surface area contributed by atoms with Gasteiger partial charge in [-0.05, 0) is 59.4 Å². The maximum absolute atomic E-state index is 3.48. The fourth-order valence-electron chi connectivity index (χ4n) is 2.93. The maximum Gasteiger partial charge on any atom is 0.0522 e. The van der Waals surface area contributed by atoms with Gasteiger partial charge in [0.2, 0.25) is 0 Å². The lowest BCUT2D eigenvalue weighted by molar-refractivity contribution is 0.713. The van der Waals surface area contributed by atoms with E-state index < -0.39 is 0 Å². The molecule has 1 aliphatic rings. The lowest BCUT2D eigenvalue weighted by Gasteiger charge is -2.30. The number of fused-ring (bicyclic) bond motifs is 1. The molecule has 2 nitrogen and oxygen atoms in total. The third-order valence-electron chi connectivity index (χ3n) is 3.90. The molecule has 1 fully saturated rings. The van der Waals surface area contributed by atoms with Crippen LogP contribution in [0.3, 0.4) is 0 Å². The van der Waals surface area contributed by atoms with E-state index in [0.717, 1.165) is 13.1 Å². The van der Waals surface area contributed by atoms with Crippen LogP contribution in [0.5, 0.6) is 0 Å². The van der Waals surface area contributed by atoms with Gasteiger partial charge >= 0.3 is 0 Å². The van der Waals surface area contributed by atoms with E-state index in [-0.39, 0.29) is 0 Å². The number of thiophene rings is 2. The number of nitrogens with zero attached hydrogens (tertiary/aromatic N) is 1. The highest BCUT2D eigenvalue weighted by molar-refractivity contribution is 7.17. The van der Waals surface area contributed by atoms with Gasteiger partial charge in [-0.3, -0.25) is 0 Å². The Kier molecular flexibility index (Phi) is 3.22. The molecule has 1 unspecified atom stereocenters. The first-order valence-electron chi connectivity index (χ1n) is 6.91. The summed E-state index contributed by atoms with van der Waals surface area (Å²) in [5.74, 6) is 0. The summed E-state index contributed by atoms with van der Waals surface area (Å²) in [7, 11) is 0. The normalized spacial score (nSPS) is 18.7. The lowest BCUT2D eigenvalue weighted by Crippen LogP contribution is -2.32. The Hall–Kier alpha value is -1.36. The van der Waals surface area contributed by atoms with Crippen molar-refractivity contribution in [2.45, 2.75) is 12.5 Å². The molecule has 2 aromatic heterocycles. The maximum atomic E-state index is 3.48. The summed E-state index contributed by atoms with van der Waals surface area (Å²) in [6.07, 6.45) is 1.21. The molecule has 1 saturated heterocycles. The van der Waals surface area contributed by atoms with Crippen LogP contribution in [-0.2, 0) is 0 Å². The first-order chi connectivity index (χ1) is 9.92. The molecule has 0 radical (unpaired) electrons. The predicted octanol–water partition coefficient (Wildman–Crippen LogP) is 4.46. The number of benzene rings is 1. The Bertz CT molecular complexity index is 696. The van der Waals surface area contributed by atoms with E-state index in [9.17, 15) is 0 Å². The molecule has 1 aliphatic heterocycles. The average molecular weight is 300 g/mol. The summed E-state index contributed by atoms with van der Waals surface area (Å²) in [6.45, 7) is 2.18. The fourth-order valence-corrected chi connectivity index (χ4v) is 4.33. The van der Waals surface area contributed by atoms with Crippen LogP contribution in [0.25, 0.3) is 10.1 Å². The van der Waals surface area contributed by atoms with Crippen molar-refractivity contribution in [2.75, 3.05) is 18.0 Å². The molecule has 102 valence electrons. The molecule has 0 amide bonds. The molecule has 3 heterocycles. The van der Waals surface area contributed by atoms with Gasteiger partial charge in [0.15, 0.2) is 0 Å². The highest BCUT2D eigenvalue weighted by Crippen LogP contribution is 2.34. The monoisotopic (exact) mass is 300 g/mol. The number of anilines is 2. The summed E-state index contributed by atoms with van der Waals surface area (Å²) in [4.78, 5) is 2.49. The summed E-state index contributed by atoms with van der Waals surface area (Å²) in [5.41, 5.74) is 2.63. The second kappa shape index (κ2) is 5.20.